The molecule has 0 aliphatic carbocycles. The second-order valence-corrected chi connectivity index (χ2v) is 7.72. The Kier molecular flexibility index (Phi) is 3.66. The molecule has 0 amide bonds. The Hall–Kier alpha value is -1.38. The first-order valence-electron chi connectivity index (χ1n) is 6.72. The van der Waals surface area contributed by atoms with Crippen molar-refractivity contribution < 1.29 is 0 Å². The molecule has 4 nitrogen and oxygen atoms in total. The van der Waals surface area contributed by atoms with Gasteiger partial charge in [0.15, 0.2) is 0 Å². The number of hydrogen-bond donors (Lipinski definition) is 1. The summed E-state index contributed by atoms with van der Waals surface area (Å²) in [6, 6.07) is 2.35. The van der Waals surface area contributed by atoms with E-state index >= 15 is 0 Å². The average molecular weight is 290 g/mol. The zero-order valence-corrected chi connectivity index (χ0v) is 13.9. The maximum atomic E-state index is 9.52. The molecule has 1 aromatic rings. The van der Waals surface area contributed by atoms with Crippen molar-refractivity contribution in [2.24, 2.45) is 4.99 Å². The van der Waals surface area contributed by atoms with Crippen LogP contribution in [0.15, 0.2) is 4.99 Å². The maximum absolute atomic E-state index is 9.52. The first-order valence-corrected chi connectivity index (χ1v) is 7.54. The molecule has 0 saturated carbocycles. The first kappa shape index (κ1) is 15.0. The molecule has 1 aliphatic heterocycles. The molecule has 0 spiro atoms. The van der Waals surface area contributed by atoms with Gasteiger partial charge in [-0.2, -0.15) is 5.26 Å². The molecule has 2 heterocycles. The van der Waals surface area contributed by atoms with Gasteiger partial charge in [-0.3, -0.25) is 0 Å². The van der Waals surface area contributed by atoms with E-state index in [9.17, 15) is 5.26 Å². The molecule has 0 radical (unpaired) electrons. The van der Waals surface area contributed by atoms with Crippen molar-refractivity contribution >= 4 is 22.7 Å². The molecule has 1 N–H and O–H groups in total. The van der Waals surface area contributed by atoms with E-state index in [2.05, 4.69) is 44.1 Å². The van der Waals surface area contributed by atoms with Crippen molar-refractivity contribution in [2.45, 2.75) is 45.2 Å². The Morgan fingerprint density at radius 3 is 2.55 bits per heavy atom. The van der Waals surface area contributed by atoms with Crippen LogP contribution >= 0.6 is 11.3 Å². The van der Waals surface area contributed by atoms with Crippen LogP contribution in [0, 0.1) is 11.3 Å². The fourth-order valence-corrected chi connectivity index (χ4v) is 4.06. The summed E-state index contributed by atoms with van der Waals surface area (Å²) in [5, 5.41) is 14.0. The Labute approximate surface area is 125 Å². The van der Waals surface area contributed by atoms with Crippen LogP contribution in [0.4, 0.5) is 5.00 Å². The molecular formula is C15H22N4S. The molecule has 20 heavy (non-hydrogen) atoms. The van der Waals surface area contributed by atoms with E-state index in [4.69, 9.17) is 0 Å². The zero-order chi connectivity index (χ0) is 15.1. The van der Waals surface area contributed by atoms with E-state index in [1.165, 1.54) is 4.88 Å². The number of thiophene rings is 1. The Morgan fingerprint density at radius 2 is 2.00 bits per heavy atom. The van der Waals surface area contributed by atoms with Crippen molar-refractivity contribution in [1.82, 2.24) is 10.2 Å². The third kappa shape index (κ3) is 2.72. The third-order valence-corrected chi connectivity index (χ3v) is 4.81. The van der Waals surface area contributed by atoms with E-state index < -0.39 is 0 Å². The van der Waals surface area contributed by atoms with E-state index in [-0.39, 0.29) is 11.1 Å². The summed E-state index contributed by atoms with van der Waals surface area (Å²) >= 11 is 1.63. The summed E-state index contributed by atoms with van der Waals surface area (Å²) in [4.78, 5) is 7.58. The van der Waals surface area contributed by atoms with Crippen LogP contribution < -0.4 is 5.32 Å². The summed E-state index contributed by atoms with van der Waals surface area (Å²) in [7, 11) is 3.86. The minimum Gasteiger partial charge on any atom is -0.369 e. The smallest absolute Gasteiger partial charge is 0.136 e. The van der Waals surface area contributed by atoms with Crippen molar-refractivity contribution in [1.29, 1.82) is 5.26 Å². The van der Waals surface area contributed by atoms with Crippen LogP contribution in [0.3, 0.4) is 0 Å². The predicted octanol–water partition coefficient (Wildman–Crippen LogP) is 3.00. The lowest BCUT2D eigenvalue weighted by atomic mass is 9.81. The van der Waals surface area contributed by atoms with Crippen molar-refractivity contribution in [3.05, 3.63) is 16.0 Å². The SMILES string of the molecule is CN(C)/C=N/c1sc2c(c1C#N)CC(C)(C)NC2(C)C. The topological polar surface area (TPSA) is 51.4 Å². The van der Waals surface area contributed by atoms with Crippen LogP contribution in [0.2, 0.25) is 0 Å². The Balaban J connectivity index is 2.57. The number of nitriles is 1. The summed E-state index contributed by atoms with van der Waals surface area (Å²) in [5.41, 5.74) is 1.77. The van der Waals surface area contributed by atoms with Gasteiger partial charge in [0.2, 0.25) is 0 Å². The van der Waals surface area contributed by atoms with Gasteiger partial charge in [0.05, 0.1) is 11.9 Å². The fourth-order valence-electron chi connectivity index (χ4n) is 2.89. The molecule has 0 aromatic carbocycles. The van der Waals surface area contributed by atoms with Crippen molar-refractivity contribution in [3.63, 3.8) is 0 Å². The average Bonchev–Trinajstić information content (AvgIpc) is 2.62. The van der Waals surface area contributed by atoms with Gasteiger partial charge in [-0.15, -0.1) is 11.3 Å². The van der Waals surface area contributed by atoms with Crippen LogP contribution in [-0.2, 0) is 12.0 Å². The highest BCUT2D eigenvalue weighted by Gasteiger charge is 2.40. The lowest BCUT2D eigenvalue weighted by molar-refractivity contribution is 0.247. The summed E-state index contributed by atoms with van der Waals surface area (Å²) in [6.45, 7) is 8.70. The molecule has 0 bridgehead atoms. The van der Waals surface area contributed by atoms with E-state index in [1.54, 1.807) is 17.7 Å². The molecule has 0 atom stereocenters. The highest BCUT2D eigenvalue weighted by Crippen LogP contribution is 2.45. The molecule has 0 unspecified atom stereocenters. The molecular weight excluding hydrogens is 268 g/mol. The molecule has 2 rings (SSSR count). The predicted molar refractivity (Wildman–Crippen MR) is 84.8 cm³/mol. The second-order valence-electron chi connectivity index (χ2n) is 6.72. The summed E-state index contributed by atoms with van der Waals surface area (Å²) in [5.74, 6) is 0. The van der Waals surface area contributed by atoms with Gasteiger partial charge in [-0.25, -0.2) is 4.99 Å². The van der Waals surface area contributed by atoms with Gasteiger partial charge >= 0.3 is 0 Å². The maximum Gasteiger partial charge on any atom is 0.136 e. The molecule has 1 aliphatic rings. The number of rotatable bonds is 2. The van der Waals surface area contributed by atoms with Crippen molar-refractivity contribution in [2.75, 3.05) is 14.1 Å². The van der Waals surface area contributed by atoms with Crippen LogP contribution in [-0.4, -0.2) is 30.9 Å². The minimum atomic E-state index is -0.126. The number of aliphatic imine (C=N–C) groups is 1. The van der Waals surface area contributed by atoms with Gasteiger partial charge in [0.25, 0.3) is 0 Å². The fraction of sp³-hybridized carbons (Fsp3) is 0.600. The number of hydrogen-bond acceptors (Lipinski definition) is 4. The quantitative estimate of drug-likeness (QED) is 0.673. The minimum absolute atomic E-state index is 0.00823. The molecule has 0 saturated heterocycles. The first-order chi connectivity index (χ1) is 9.16. The summed E-state index contributed by atoms with van der Waals surface area (Å²) in [6.07, 6.45) is 2.62. The van der Waals surface area contributed by atoms with Crippen LogP contribution in [0.25, 0.3) is 0 Å². The Bertz CT molecular complexity index is 588. The van der Waals surface area contributed by atoms with Crippen molar-refractivity contribution in [3.8, 4) is 6.07 Å². The van der Waals surface area contributed by atoms with Crippen LogP contribution in [0.1, 0.15) is 43.7 Å². The standard InChI is InChI=1S/C15H22N4S/c1-14(2)7-10-11(8-16)13(17-9-19(5)6)20-12(10)15(3,4)18-14/h9,18H,7H2,1-6H3/b17-9+. The molecule has 108 valence electrons. The van der Waals surface area contributed by atoms with Gasteiger partial charge in [-0.1, -0.05) is 0 Å². The van der Waals surface area contributed by atoms with Gasteiger partial charge in [0, 0.05) is 30.1 Å². The highest BCUT2D eigenvalue weighted by molar-refractivity contribution is 7.16. The van der Waals surface area contributed by atoms with Gasteiger partial charge < -0.3 is 10.2 Å². The lowest BCUT2D eigenvalue weighted by Crippen LogP contribution is -2.54. The van der Waals surface area contributed by atoms with Crippen LogP contribution in [0.5, 0.6) is 0 Å². The zero-order valence-electron chi connectivity index (χ0n) is 13.0. The van der Waals surface area contributed by atoms with E-state index in [0.29, 0.717) is 0 Å². The van der Waals surface area contributed by atoms with Gasteiger partial charge in [0.1, 0.15) is 11.1 Å². The number of nitrogens with zero attached hydrogens (tertiary/aromatic N) is 3. The largest absolute Gasteiger partial charge is 0.369 e. The number of fused-ring (bicyclic) bond motifs is 1. The summed E-state index contributed by atoms with van der Waals surface area (Å²) < 4.78 is 0. The third-order valence-electron chi connectivity index (χ3n) is 3.34. The van der Waals surface area contributed by atoms with E-state index in [1.807, 2.05) is 19.0 Å². The highest BCUT2D eigenvalue weighted by atomic mass is 32.1. The Morgan fingerprint density at radius 1 is 1.35 bits per heavy atom. The molecule has 0 fully saturated rings. The normalized spacial score (nSPS) is 19.6. The van der Waals surface area contributed by atoms with Gasteiger partial charge in [-0.05, 0) is 39.7 Å². The molecule has 1 aromatic heterocycles. The lowest BCUT2D eigenvalue weighted by Gasteiger charge is -2.42. The monoisotopic (exact) mass is 290 g/mol. The second kappa shape index (κ2) is 4.87. The van der Waals surface area contributed by atoms with E-state index in [0.717, 1.165) is 22.5 Å². The number of nitrogens with one attached hydrogen (secondary N) is 1. The molecule has 5 heteroatoms.